The molecule has 4 rings (SSSR count). The normalized spacial score (nSPS) is 16.4. The molecular weight excluding hydrogens is 235 g/mol. The Balaban J connectivity index is 1.95. The maximum Gasteiger partial charge on any atom is 0.123 e. The van der Waals surface area contributed by atoms with Gasteiger partial charge in [-0.2, -0.15) is 0 Å². The van der Waals surface area contributed by atoms with Crippen LogP contribution in [0, 0.1) is 5.82 Å². The summed E-state index contributed by atoms with van der Waals surface area (Å²) in [4.78, 5) is 0. The van der Waals surface area contributed by atoms with Crippen molar-refractivity contribution in [2.24, 2.45) is 0 Å². The summed E-state index contributed by atoms with van der Waals surface area (Å²) >= 11 is 0. The van der Waals surface area contributed by atoms with Gasteiger partial charge in [-0.1, -0.05) is 42.5 Å². The average Bonchev–Trinajstić information content (AvgIpc) is 2.97. The van der Waals surface area contributed by atoms with Gasteiger partial charge in [0, 0.05) is 0 Å². The third kappa shape index (κ3) is 1.58. The first-order valence-electron chi connectivity index (χ1n) is 6.62. The number of fused-ring (bicyclic) bond motifs is 3. The Morgan fingerprint density at radius 3 is 2.68 bits per heavy atom. The standard InChI is InChI=1S/C18H13F/c19-15-6-3-5-13(11-15)17-9-8-14-10-12-4-1-2-7-16(12)18(14)17/h1-7,10-11H,8-9H2. The van der Waals surface area contributed by atoms with Crippen LogP contribution in [0.1, 0.15) is 29.5 Å². The van der Waals surface area contributed by atoms with Gasteiger partial charge in [0.1, 0.15) is 5.82 Å². The molecule has 0 unspecified atom stereocenters. The summed E-state index contributed by atoms with van der Waals surface area (Å²) in [6, 6.07) is 15.4. The summed E-state index contributed by atoms with van der Waals surface area (Å²) in [7, 11) is 0. The number of benzene rings is 2. The molecule has 1 heteroatoms. The second kappa shape index (κ2) is 3.92. The zero-order valence-electron chi connectivity index (χ0n) is 10.5. The Kier molecular flexibility index (Phi) is 2.22. The topological polar surface area (TPSA) is 0 Å². The van der Waals surface area contributed by atoms with Crippen LogP contribution in [0.5, 0.6) is 0 Å². The highest BCUT2D eigenvalue weighted by molar-refractivity contribution is 6.08. The van der Waals surface area contributed by atoms with Crippen LogP contribution in [0.2, 0.25) is 0 Å². The minimum Gasteiger partial charge on any atom is -0.207 e. The Morgan fingerprint density at radius 2 is 1.79 bits per heavy atom. The van der Waals surface area contributed by atoms with Crippen molar-refractivity contribution in [1.82, 2.24) is 0 Å². The van der Waals surface area contributed by atoms with Crippen molar-refractivity contribution in [1.29, 1.82) is 0 Å². The van der Waals surface area contributed by atoms with Crippen molar-refractivity contribution < 1.29 is 4.39 Å². The fraction of sp³-hybridized carbons (Fsp3) is 0.111. The summed E-state index contributed by atoms with van der Waals surface area (Å²) in [5.41, 5.74) is 7.64. The van der Waals surface area contributed by atoms with E-state index in [9.17, 15) is 4.39 Å². The molecule has 0 N–H and O–H groups in total. The fourth-order valence-electron chi connectivity index (χ4n) is 3.19. The van der Waals surface area contributed by atoms with E-state index in [1.54, 1.807) is 12.1 Å². The smallest absolute Gasteiger partial charge is 0.123 e. The highest BCUT2D eigenvalue weighted by atomic mass is 19.1. The highest BCUT2D eigenvalue weighted by Gasteiger charge is 2.27. The zero-order valence-corrected chi connectivity index (χ0v) is 10.5. The SMILES string of the molecule is Fc1cccc(C2=C3C(=Cc4ccccc43)CC2)c1. The van der Waals surface area contributed by atoms with Crippen LogP contribution in [-0.2, 0) is 0 Å². The van der Waals surface area contributed by atoms with Crippen molar-refractivity contribution in [2.75, 3.05) is 0 Å². The van der Waals surface area contributed by atoms with Crippen molar-refractivity contribution in [3.8, 4) is 0 Å². The van der Waals surface area contributed by atoms with Crippen LogP contribution >= 0.6 is 0 Å². The quantitative estimate of drug-likeness (QED) is 0.671. The largest absolute Gasteiger partial charge is 0.207 e. The summed E-state index contributed by atoms with van der Waals surface area (Å²) < 4.78 is 13.4. The molecule has 92 valence electrons. The van der Waals surface area contributed by atoms with E-state index in [0.717, 1.165) is 18.4 Å². The number of hydrogen-bond acceptors (Lipinski definition) is 0. The Labute approximate surface area is 111 Å². The van der Waals surface area contributed by atoms with E-state index >= 15 is 0 Å². The average molecular weight is 248 g/mol. The predicted octanol–water partition coefficient (Wildman–Crippen LogP) is 4.93. The van der Waals surface area contributed by atoms with Gasteiger partial charge < -0.3 is 0 Å². The lowest BCUT2D eigenvalue weighted by atomic mass is 9.97. The molecule has 2 aromatic carbocycles. The second-order valence-corrected chi connectivity index (χ2v) is 5.12. The van der Waals surface area contributed by atoms with Crippen LogP contribution in [0.15, 0.2) is 54.1 Å². The van der Waals surface area contributed by atoms with Crippen molar-refractivity contribution >= 4 is 17.2 Å². The lowest BCUT2D eigenvalue weighted by Crippen LogP contribution is -1.87. The maximum atomic E-state index is 13.4. The minimum absolute atomic E-state index is 0.158. The molecule has 0 aliphatic heterocycles. The van der Waals surface area contributed by atoms with Crippen LogP contribution in [0.4, 0.5) is 4.39 Å². The first kappa shape index (κ1) is 10.7. The monoisotopic (exact) mass is 248 g/mol. The van der Waals surface area contributed by atoms with Crippen LogP contribution < -0.4 is 0 Å². The molecule has 2 aliphatic carbocycles. The minimum atomic E-state index is -0.158. The molecule has 2 aromatic rings. The molecule has 2 aliphatic rings. The number of hydrogen-bond donors (Lipinski definition) is 0. The number of allylic oxidation sites excluding steroid dienone is 3. The van der Waals surface area contributed by atoms with E-state index in [1.165, 1.54) is 33.9 Å². The molecular formula is C18H13F. The van der Waals surface area contributed by atoms with Gasteiger partial charge >= 0.3 is 0 Å². The van der Waals surface area contributed by atoms with Gasteiger partial charge in [-0.3, -0.25) is 0 Å². The summed E-state index contributed by atoms with van der Waals surface area (Å²) in [6.45, 7) is 0. The van der Waals surface area contributed by atoms with Gasteiger partial charge in [0.15, 0.2) is 0 Å². The summed E-state index contributed by atoms with van der Waals surface area (Å²) in [5, 5.41) is 0. The van der Waals surface area contributed by atoms with E-state index in [1.807, 2.05) is 6.07 Å². The molecule has 0 spiro atoms. The second-order valence-electron chi connectivity index (χ2n) is 5.12. The van der Waals surface area contributed by atoms with Gasteiger partial charge in [-0.15, -0.1) is 0 Å². The molecule has 0 bridgehead atoms. The zero-order chi connectivity index (χ0) is 12.8. The summed E-state index contributed by atoms with van der Waals surface area (Å²) in [5.74, 6) is -0.158. The molecule has 19 heavy (non-hydrogen) atoms. The van der Waals surface area contributed by atoms with E-state index in [2.05, 4.69) is 30.3 Å². The lowest BCUT2D eigenvalue weighted by molar-refractivity contribution is 0.627. The first-order valence-corrected chi connectivity index (χ1v) is 6.62. The van der Waals surface area contributed by atoms with Crippen LogP contribution in [0.3, 0.4) is 0 Å². The molecule has 0 saturated carbocycles. The summed E-state index contributed by atoms with van der Waals surface area (Å²) in [6.07, 6.45) is 4.35. The first-order chi connectivity index (χ1) is 9.33. The van der Waals surface area contributed by atoms with E-state index in [0.29, 0.717) is 0 Å². The molecule has 0 saturated heterocycles. The molecule has 0 aromatic heterocycles. The van der Waals surface area contributed by atoms with Crippen LogP contribution in [-0.4, -0.2) is 0 Å². The number of halogens is 1. The highest BCUT2D eigenvalue weighted by Crippen LogP contribution is 2.49. The molecule has 0 radical (unpaired) electrons. The molecule has 0 fully saturated rings. The van der Waals surface area contributed by atoms with Crippen molar-refractivity contribution in [2.45, 2.75) is 12.8 Å². The molecule has 0 nitrogen and oxygen atoms in total. The Hall–Kier alpha value is -2.15. The molecule has 0 atom stereocenters. The predicted molar refractivity (Wildman–Crippen MR) is 76.9 cm³/mol. The van der Waals surface area contributed by atoms with E-state index in [4.69, 9.17) is 0 Å². The number of rotatable bonds is 1. The van der Waals surface area contributed by atoms with Crippen LogP contribution in [0.25, 0.3) is 17.2 Å². The maximum absolute atomic E-state index is 13.4. The van der Waals surface area contributed by atoms with E-state index < -0.39 is 0 Å². The third-order valence-corrected chi connectivity index (χ3v) is 4.00. The van der Waals surface area contributed by atoms with Gasteiger partial charge in [0.2, 0.25) is 0 Å². The van der Waals surface area contributed by atoms with Gasteiger partial charge in [-0.05, 0) is 58.4 Å². The Morgan fingerprint density at radius 1 is 0.895 bits per heavy atom. The van der Waals surface area contributed by atoms with Crippen molar-refractivity contribution in [3.05, 3.63) is 76.6 Å². The lowest BCUT2D eigenvalue weighted by Gasteiger charge is -2.07. The Bertz CT molecular complexity index is 735. The third-order valence-electron chi connectivity index (χ3n) is 4.00. The van der Waals surface area contributed by atoms with Gasteiger partial charge in [-0.25, -0.2) is 4.39 Å². The van der Waals surface area contributed by atoms with E-state index in [-0.39, 0.29) is 5.82 Å². The van der Waals surface area contributed by atoms with Gasteiger partial charge in [0.25, 0.3) is 0 Å². The molecule has 0 amide bonds. The fourth-order valence-corrected chi connectivity index (χ4v) is 3.19. The van der Waals surface area contributed by atoms with Gasteiger partial charge in [0.05, 0.1) is 0 Å². The van der Waals surface area contributed by atoms with Crippen molar-refractivity contribution in [3.63, 3.8) is 0 Å². The molecule has 0 heterocycles.